The molecule has 0 radical (unpaired) electrons. The summed E-state index contributed by atoms with van der Waals surface area (Å²) in [6.07, 6.45) is 1.19. The van der Waals surface area contributed by atoms with E-state index in [1.54, 1.807) is 24.3 Å². The highest BCUT2D eigenvalue weighted by atomic mass is 16.4. The van der Waals surface area contributed by atoms with Gasteiger partial charge in [-0.1, -0.05) is 25.1 Å². The standard InChI is InChI=1S/C10H14BNO3/c1-2-5-10(13)12-9-7-4-3-6-8(9)11(14)15/h3-4,6-7,14-15H,2,5H2,1H3,(H,12,13). The third-order valence-corrected chi connectivity index (χ3v) is 1.99. The highest BCUT2D eigenvalue weighted by Crippen LogP contribution is 2.04. The van der Waals surface area contributed by atoms with E-state index in [1.165, 1.54) is 0 Å². The molecule has 0 aliphatic heterocycles. The van der Waals surface area contributed by atoms with Gasteiger partial charge in [0.2, 0.25) is 5.91 Å². The summed E-state index contributed by atoms with van der Waals surface area (Å²) in [6, 6.07) is 6.62. The van der Waals surface area contributed by atoms with E-state index < -0.39 is 7.12 Å². The number of amides is 1. The molecule has 15 heavy (non-hydrogen) atoms. The van der Waals surface area contributed by atoms with Crippen molar-refractivity contribution in [3.63, 3.8) is 0 Å². The SMILES string of the molecule is CCCC(=O)Nc1ccccc1B(O)O. The molecule has 80 valence electrons. The second-order valence-electron chi connectivity index (χ2n) is 3.26. The second-order valence-corrected chi connectivity index (χ2v) is 3.26. The summed E-state index contributed by atoms with van der Waals surface area (Å²) in [6.45, 7) is 1.91. The van der Waals surface area contributed by atoms with Crippen molar-refractivity contribution >= 4 is 24.2 Å². The number of benzene rings is 1. The van der Waals surface area contributed by atoms with Gasteiger partial charge in [0.15, 0.2) is 0 Å². The first-order valence-electron chi connectivity index (χ1n) is 4.90. The molecule has 0 atom stereocenters. The number of anilines is 1. The minimum atomic E-state index is -1.57. The molecule has 0 aliphatic rings. The largest absolute Gasteiger partial charge is 0.490 e. The van der Waals surface area contributed by atoms with Crippen LogP contribution in [0.25, 0.3) is 0 Å². The molecule has 1 aromatic carbocycles. The third kappa shape index (κ3) is 3.38. The van der Waals surface area contributed by atoms with Crippen molar-refractivity contribution in [1.29, 1.82) is 0 Å². The van der Waals surface area contributed by atoms with E-state index in [-0.39, 0.29) is 5.91 Å². The first-order valence-corrected chi connectivity index (χ1v) is 4.90. The summed E-state index contributed by atoms with van der Waals surface area (Å²) < 4.78 is 0. The van der Waals surface area contributed by atoms with Gasteiger partial charge in [-0.2, -0.15) is 0 Å². The lowest BCUT2D eigenvalue weighted by atomic mass is 9.79. The molecule has 1 amide bonds. The van der Waals surface area contributed by atoms with Crippen LogP contribution < -0.4 is 10.8 Å². The van der Waals surface area contributed by atoms with Crippen LogP contribution in [-0.4, -0.2) is 23.1 Å². The van der Waals surface area contributed by atoms with Crippen molar-refractivity contribution in [2.75, 3.05) is 5.32 Å². The van der Waals surface area contributed by atoms with E-state index in [9.17, 15) is 4.79 Å². The zero-order chi connectivity index (χ0) is 11.3. The van der Waals surface area contributed by atoms with E-state index >= 15 is 0 Å². The van der Waals surface area contributed by atoms with Crippen LogP contribution in [0.5, 0.6) is 0 Å². The zero-order valence-electron chi connectivity index (χ0n) is 8.60. The number of hydrogen-bond donors (Lipinski definition) is 3. The lowest BCUT2D eigenvalue weighted by molar-refractivity contribution is -0.116. The summed E-state index contributed by atoms with van der Waals surface area (Å²) in [4.78, 5) is 11.3. The van der Waals surface area contributed by atoms with Gasteiger partial charge in [0.25, 0.3) is 0 Å². The van der Waals surface area contributed by atoms with Crippen molar-refractivity contribution in [3.05, 3.63) is 24.3 Å². The van der Waals surface area contributed by atoms with Gasteiger partial charge in [0.05, 0.1) is 0 Å². The summed E-state index contributed by atoms with van der Waals surface area (Å²) in [7, 11) is -1.57. The first kappa shape index (κ1) is 11.7. The van der Waals surface area contributed by atoms with Gasteiger partial charge in [-0.25, -0.2) is 0 Å². The van der Waals surface area contributed by atoms with Gasteiger partial charge in [-0.15, -0.1) is 0 Å². The van der Waals surface area contributed by atoms with Crippen molar-refractivity contribution in [2.45, 2.75) is 19.8 Å². The lowest BCUT2D eigenvalue weighted by Crippen LogP contribution is -2.33. The third-order valence-electron chi connectivity index (χ3n) is 1.99. The molecule has 0 bridgehead atoms. The normalized spacial score (nSPS) is 9.80. The first-order chi connectivity index (χ1) is 7.15. The van der Waals surface area contributed by atoms with E-state index in [0.717, 1.165) is 6.42 Å². The molecule has 0 saturated carbocycles. The summed E-state index contributed by atoms with van der Waals surface area (Å²) in [5, 5.41) is 20.7. The Morgan fingerprint density at radius 1 is 1.40 bits per heavy atom. The number of rotatable bonds is 4. The molecule has 1 aromatic rings. The fourth-order valence-electron chi connectivity index (χ4n) is 1.28. The highest BCUT2D eigenvalue weighted by molar-refractivity contribution is 6.60. The minimum absolute atomic E-state index is 0.120. The Hall–Kier alpha value is -1.33. The van der Waals surface area contributed by atoms with E-state index in [4.69, 9.17) is 10.0 Å². The van der Waals surface area contributed by atoms with Crippen molar-refractivity contribution in [3.8, 4) is 0 Å². The van der Waals surface area contributed by atoms with Crippen LogP contribution in [0.3, 0.4) is 0 Å². The smallest absolute Gasteiger partial charge is 0.423 e. The fraction of sp³-hybridized carbons (Fsp3) is 0.300. The van der Waals surface area contributed by atoms with Crippen LogP contribution >= 0.6 is 0 Å². The number of carbonyl (C=O) groups excluding carboxylic acids is 1. The summed E-state index contributed by atoms with van der Waals surface area (Å²) in [5.41, 5.74) is 0.757. The average molecular weight is 207 g/mol. The van der Waals surface area contributed by atoms with E-state index in [2.05, 4.69) is 5.32 Å². The molecule has 0 unspecified atom stereocenters. The van der Waals surface area contributed by atoms with E-state index in [1.807, 2.05) is 6.92 Å². The van der Waals surface area contributed by atoms with Crippen LogP contribution in [-0.2, 0) is 4.79 Å². The molecular weight excluding hydrogens is 193 g/mol. The monoisotopic (exact) mass is 207 g/mol. The lowest BCUT2D eigenvalue weighted by Gasteiger charge is -2.09. The van der Waals surface area contributed by atoms with Gasteiger partial charge >= 0.3 is 7.12 Å². The van der Waals surface area contributed by atoms with Crippen LogP contribution in [0.15, 0.2) is 24.3 Å². The molecule has 0 aliphatic carbocycles. The maximum Gasteiger partial charge on any atom is 0.490 e. The van der Waals surface area contributed by atoms with Crippen molar-refractivity contribution in [2.24, 2.45) is 0 Å². The summed E-state index contributed by atoms with van der Waals surface area (Å²) in [5.74, 6) is -0.120. The predicted octanol–water partition coefficient (Wildman–Crippen LogP) is 0.105. The molecule has 4 nitrogen and oxygen atoms in total. The van der Waals surface area contributed by atoms with Gasteiger partial charge in [-0.05, 0) is 12.5 Å². The van der Waals surface area contributed by atoms with Crippen LogP contribution in [0.4, 0.5) is 5.69 Å². The second kappa shape index (κ2) is 5.53. The number of carbonyl (C=O) groups is 1. The van der Waals surface area contributed by atoms with Crippen molar-refractivity contribution < 1.29 is 14.8 Å². The van der Waals surface area contributed by atoms with Crippen LogP contribution in [0.1, 0.15) is 19.8 Å². The number of para-hydroxylation sites is 1. The van der Waals surface area contributed by atoms with Gasteiger partial charge < -0.3 is 15.4 Å². The maximum atomic E-state index is 11.3. The van der Waals surface area contributed by atoms with Gasteiger partial charge in [-0.3, -0.25) is 4.79 Å². The fourth-order valence-corrected chi connectivity index (χ4v) is 1.28. The Kier molecular flexibility index (Phi) is 4.33. The van der Waals surface area contributed by atoms with Crippen LogP contribution in [0, 0.1) is 0 Å². The molecule has 0 heterocycles. The molecule has 0 saturated heterocycles. The quantitative estimate of drug-likeness (QED) is 0.613. The van der Waals surface area contributed by atoms with E-state index in [0.29, 0.717) is 17.6 Å². The Morgan fingerprint density at radius 2 is 2.07 bits per heavy atom. The minimum Gasteiger partial charge on any atom is -0.423 e. The topological polar surface area (TPSA) is 69.6 Å². The van der Waals surface area contributed by atoms with Crippen LogP contribution in [0.2, 0.25) is 0 Å². The van der Waals surface area contributed by atoms with Crippen molar-refractivity contribution in [1.82, 2.24) is 0 Å². The molecule has 0 spiro atoms. The Labute approximate surface area is 89.1 Å². The Bertz CT molecular complexity index is 341. The van der Waals surface area contributed by atoms with Gasteiger partial charge in [0.1, 0.15) is 0 Å². The Balaban J connectivity index is 2.80. The molecule has 0 aromatic heterocycles. The summed E-state index contributed by atoms with van der Waals surface area (Å²) >= 11 is 0. The maximum absolute atomic E-state index is 11.3. The highest BCUT2D eigenvalue weighted by Gasteiger charge is 2.16. The van der Waals surface area contributed by atoms with Gasteiger partial charge in [0, 0.05) is 17.6 Å². The zero-order valence-corrected chi connectivity index (χ0v) is 8.60. The number of nitrogens with one attached hydrogen (secondary N) is 1. The predicted molar refractivity (Wildman–Crippen MR) is 59.8 cm³/mol. The molecule has 5 heteroatoms. The number of hydrogen-bond acceptors (Lipinski definition) is 3. The average Bonchev–Trinajstić information content (AvgIpc) is 2.18. The Morgan fingerprint density at radius 3 is 2.67 bits per heavy atom. The molecular formula is C10H14BNO3. The molecule has 0 fully saturated rings. The molecule has 3 N–H and O–H groups in total. The molecule has 1 rings (SSSR count).